The van der Waals surface area contributed by atoms with Crippen molar-refractivity contribution in [1.29, 1.82) is 0 Å². The van der Waals surface area contributed by atoms with E-state index >= 15 is 0 Å². The lowest BCUT2D eigenvalue weighted by Crippen LogP contribution is -2.32. The Labute approximate surface area is 133 Å². The van der Waals surface area contributed by atoms with Crippen molar-refractivity contribution in [3.63, 3.8) is 0 Å². The smallest absolute Gasteiger partial charge is 0.251 e. The molecule has 2 amide bonds. The molecule has 3 aromatic rings. The van der Waals surface area contributed by atoms with Gasteiger partial charge in [-0.2, -0.15) is 0 Å². The lowest BCUT2D eigenvalue weighted by molar-refractivity contribution is -0.115. The Bertz CT molecular complexity index is 855. The van der Waals surface area contributed by atoms with E-state index in [4.69, 9.17) is 0 Å². The summed E-state index contributed by atoms with van der Waals surface area (Å²) in [5.74, 6) is -0.563. The summed E-state index contributed by atoms with van der Waals surface area (Å²) in [7, 11) is 0. The van der Waals surface area contributed by atoms with Crippen LogP contribution < -0.4 is 10.6 Å². The number of nitrogens with one attached hydrogen (secondary N) is 2. The van der Waals surface area contributed by atoms with E-state index in [2.05, 4.69) is 15.6 Å². The lowest BCUT2D eigenvalue weighted by Gasteiger charge is -2.07. The summed E-state index contributed by atoms with van der Waals surface area (Å²) in [5, 5.41) is 5.34. The average molecular weight is 308 g/mol. The Balaban J connectivity index is 1.59. The van der Waals surface area contributed by atoms with E-state index in [1.165, 1.54) is 0 Å². The SMILES string of the molecule is Cc1cn2cc(NC(=O)CNC(=O)c3ccccc3)ccc2n1. The summed E-state index contributed by atoms with van der Waals surface area (Å²) in [4.78, 5) is 28.1. The zero-order valence-electron chi connectivity index (χ0n) is 12.6. The van der Waals surface area contributed by atoms with Gasteiger partial charge in [-0.3, -0.25) is 9.59 Å². The summed E-state index contributed by atoms with van der Waals surface area (Å²) in [5.41, 5.74) is 2.89. The van der Waals surface area contributed by atoms with Gasteiger partial charge < -0.3 is 15.0 Å². The number of nitrogens with zero attached hydrogens (tertiary/aromatic N) is 2. The molecule has 0 radical (unpaired) electrons. The van der Waals surface area contributed by atoms with E-state index in [0.29, 0.717) is 11.3 Å². The molecule has 1 aromatic carbocycles. The number of benzene rings is 1. The highest BCUT2D eigenvalue weighted by Gasteiger charge is 2.08. The Morgan fingerprint density at radius 1 is 1.09 bits per heavy atom. The van der Waals surface area contributed by atoms with Crippen LogP contribution in [0.3, 0.4) is 0 Å². The molecule has 2 N–H and O–H groups in total. The Kier molecular flexibility index (Phi) is 4.05. The number of anilines is 1. The number of pyridine rings is 1. The fourth-order valence-electron chi connectivity index (χ4n) is 2.25. The van der Waals surface area contributed by atoms with Crippen LogP contribution in [0.15, 0.2) is 54.9 Å². The number of fused-ring (bicyclic) bond motifs is 1. The van der Waals surface area contributed by atoms with Crippen LogP contribution in [-0.2, 0) is 4.79 Å². The van der Waals surface area contributed by atoms with Gasteiger partial charge in [-0.15, -0.1) is 0 Å². The van der Waals surface area contributed by atoms with Gasteiger partial charge in [-0.25, -0.2) is 4.98 Å². The Hall–Kier alpha value is -3.15. The van der Waals surface area contributed by atoms with E-state index in [1.54, 1.807) is 36.5 Å². The van der Waals surface area contributed by atoms with Crippen molar-refractivity contribution in [2.45, 2.75) is 6.92 Å². The van der Waals surface area contributed by atoms with Crippen LogP contribution in [0, 0.1) is 6.92 Å². The van der Waals surface area contributed by atoms with Crippen LogP contribution in [0.5, 0.6) is 0 Å². The molecule has 23 heavy (non-hydrogen) atoms. The number of aryl methyl sites for hydroxylation is 1. The van der Waals surface area contributed by atoms with Crippen molar-refractivity contribution >= 4 is 23.1 Å². The molecule has 3 rings (SSSR count). The van der Waals surface area contributed by atoms with E-state index in [1.807, 2.05) is 29.7 Å². The van der Waals surface area contributed by atoms with E-state index < -0.39 is 0 Å². The molecule has 0 unspecified atom stereocenters. The minimum absolute atomic E-state index is 0.0886. The quantitative estimate of drug-likeness (QED) is 0.774. The predicted octanol–water partition coefficient (Wildman–Crippen LogP) is 2.01. The minimum Gasteiger partial charge on any atom is -0.343 e. The van der Waals surface area contributed by atoms with Gasteiger partial charge in [0.15, 0.2) is 0 Å². The second kappa shape index (κ2) is 6.31. The second-order valence-electron chi connectivity index (χ2n) is 5.16. The number of hydrogen-bond donors (Lipinski definition) is 2. The van der Waals surface area contributed by atoms with Crippen molar-refractivity contribution in [1.82, 2.24) is 14.7 Å². The maximum Gasteiger partial charge on any atom is 0.251 e. The first-order chi connectivity index (χ1) is 11.1. The van der Waals surface area contributed by atoms with Crippen LogP contribution in [0.25, 0.3) is 5.65 Å². The van der Waals surface area contributed by atoms with E-state index in [0.717, 1.165) is 11.3 Å². The highest BCUT2D eigenvalue weighted by molar-refractivity contribution is 5.99. The number of carbonyl (C=O) groups is 2. The van der Waals surface area contributed by atoms with Gasteiger partial charge in [0.05, 0.1) is 17.9 Å². The minimum atomic E-state index is -0.287. The monoisotopic (exact) mass is 308 g/mol. The van der Waals surface area contributed by atoms with Gasteiger partial charge in [0.2, 0.25) is 5.91 Å². The third-order valence-corrected chi connectivity index (χ3v) is 3.30. The summed E-state index contributed by atoms with van der Waals surface area (Å²) in [6, 6.07) is 12.4. The summed E-state index contributed by atoms with van der Waals surface area (Å²) < 4.78 is 1.84. The van der Waals surface area contributed by atoms with Crippen molar-refractivity contribution in [2.75, 3.05) is 11.9 Å². The second-order valence-corrected chi connectivity index (χ2v) is 5.16. The molecule has 0 aliphatic heterocycles. The Morgan fingerprint density at radius 2 is 1.87 bits per heavy atom. The molecular weight excluding hydrogens is 292 g/mol. The highest BCUT2D eigenvalue weighted by atomic mass is 16.2. The first kappa shape index (κ1) is 14.8. The van der Waals surface area contributed by atoms with Crippen LogP contribution in [0.4, 0.5) is 5.69 Å². The summed E-state index contributed by atoms with van der Waals surface area (Å²) in [6.45, 7) is 1.82. The van der Waals surface area contributed by atoms with Gasteiger partial charge in [0, 0.05) is 18.0 Å². The van der Waals surface area contributed by atoms with Crippen molar-refractivity contribution < 1.29 is 9.59 Å². The third-order valence-electron chi connectivity index (χ3n) is 3.30. The zero-order valence-corrected chi connectivity index (χ0v) is 12.6. The zero-order chi connectivity index (χ0) is 16.2. The molecular formula is C17H16N4O2. The standard InChI is InChI=1S/C17H16N4O2/c1-12-10-21-11-14(7-8-15(21)19-12)20-16(22)9-18-17(23)13-5-3-2-4-6-13/h2-8,10-11H,9H2,1H3,(H,18,23)(H,20,22). The first-order valence-electron chi connectivity index (χ1n) is 7.20. The van der Waals surface area contributed by atoms with Crippen molar-refractivity contribution in [3.8, 4) is 0 Å². The molecule has 0 aliphatic carbocycles. The van der Waals surface area contributed by atoms with Crippen LogP contribution in [0.1, 0.15) is 16.1 Å². The fraction of sp³-hybridized carbons (Fsp3) is 0.118. The molecule has 6 heteroatoms. The summed E-state index contributed by atoms with van der Waals surface area (Å²) >= 11 is 0. The average Bonchev–Trinajstić information content (AvgIpc) is 2.92. The maximum absolute atomic E-state index is 11.9. The summed E-state index contributed by atoms with van der Waals surface area (Å²) in [6.07, 6.45) is 3.66. The first-order valence-corrected chi connectivity index (χ1v) is 7.20. The number of aromatic nitrogens is 2. The number of rotatable bonds is 4. The van der Waals surface area contributed by atoms with Gasteiger partial charge in [-0.1, -0.05) is 18.2 Å². The van der Waals surface area contributed by atoms with Gasteiger partial charge in [0.25, 0.3) is 5.91 Å². The maximum atomic E-state index is 11.9. The van der Waals surface area contributed by atoms with Crippen LogP contribution in [0.2, 0.25) is 0 Å². The fourth-order valence-corrected chi connectivity index (χ4v) is 2.25. The molecule has 0 aliphatic rings. The number of amides is 2. The number of imidazole rings is 1. The number of carbonyl (C=O) groups excluding carboxylic acids is 2. The van der Waals surface area contributed by atoms with Gasteiger partial charge in [0.1, 0.15) is 5.65 Å². The molecule has 2 heterocycles. The molecule has 0 atom stereocenters. The van der Waals surface area contributed by atoms with E-state index in [9.17, 15) is 9.59 Å². The largest absolute Gasteiger partial charge is 0.343 e. The number of hydrogen-bond acceptors (Lipinski definition) is 3. The van der Waals surface area contributed by atoms with Crippen molar-refractivity contribution in [2.24, 2.45) is 0 Å². The molecule has 0 spiro atoms. The van der Waals surface area contributed by atoms with Crippen molar-refractivity contribution in [3.05, 3.63) is 66.1 Å². The van der Waals surface area contributed by atoms with Crippen LogP contribution in [-0.4, -0.2) is 27.7 Å². The molecule has 6 nitrogen and oxygen atoms in total. The topological polar surface area (TPSA) is 75.5 Å². The molecule has 0 saturated carbocycles. The van der Waals surface area contributed by atoms with Gasteiger partial charge in [-0.05, 0) is 31.2 Å². The lowest BCUT2D eigenvalue weighted by atomic mass is 10.2. The molecule has 2 aromatic heterocycles. The normalized spacial score (nSPS) is 10.5. The Morgan fingerprint density at radius 3 is 2.65 bits per heavy atom. The van der Waals surface area contributed by atoms with E-state index in [-0.39, 0.29) is 18.4 Å². The third kappa shape index (κ3) is 3.55. The molecule has 116 valence electrons. The highest BCUT2D eigenvalue weighted by Crippen LogP contribution is 2.11. The predicted molar refractivity (Wildman–Crippen MR) is 87.3 cm³/mol. The van der Waals surface area contributed by atoms with Crippen LogP contribution >= 0.6 is 0 Å². The molecule has 0 fully saturated rings. The molecule has 0 saturated heterocycles. The molecule has 0 bridgehead atoms. The van der Waals surface area contributed by atoms with Gasteiger partial charge >= 0.3 is 0 Å².